The van der Waals surface area contributed by atoms with E-state index in [0.29, 0.717) is 18.1 Å². The molecule has 0 aliphatic carbocycles. The number of hydroxylamine groups is 1. The summed E-state index contributed by atoms with van der Waals surface area (Å²) in [5.74, 6) is 0.617. The molecule has 2 aliphatic rings. The van der Waals surface area contributed by atoms with Crippen molar-refractivity contribution < 1.29 is 19.5 Å². The van der Waals surface area contributed by atoms with E-state index in [0.717, 1.165) is 12.8 Å². The molecule has 2 aliphatic heterocycles. The average Bonchev–Trinajstić information content (AvgIpc) is 3.02. The maximum absolute atomic E-state index is 11.8. The van der Waals surface area contributed by atoms with Crippen LogP contribution in [0.4, 0.5) is 0 Å². The zero-order chi connectivity index (χ0) is 19.0. The van der Waals surface area contributed by atoms with E-state index in [2.05, 4.69) is 11.6 Å². The van der Waals surface area contributed by atoms with Gasteiger partial charge in [0.15, 0.2) is 5.84 Å². The molecule has 2 unspecified atom stereocenters. The molecule has 2 atom stereocenters. The fraction of sp³-hybridized carbons (Fsp3) is 0.667. The monoisotopic (exact) mass is 353 g/mol. The van der Waals surface area contributed by atoms with Gasteiger partial charge in [0.05, 0.1) is 12.5 Å². The van der Waals surface area contributed by atoms with Crippen LogP contribution in [0.1, 0.15) is 53.9 Å². The smallest absolute Gasteiger partial charge is 0.306 e. The highest BCUT2D eigenvalue weighted by molar-refractivity contribution is 5.93. The molecule has 0 aromatic carbocycles. The third kappa shape index (κ3) is 6.88. The zero-order valence-electron chi connectivity index (χ0n) is 15.9. The van der Waals surface area contributed by atoms with Gasteiger partial charge in [-0.2, -0.15) is 0 Å². The van der Waals surface area contributed by atoms with Crippen LogP contribution in [-0.4, -0.2) is 40.9 Å². The number of hydrogen-bond acceptors (Lipinski definition) is 7. The van der Waals surface area contributed by atoms with Crippen LogP contribution in [0, 0.1) is 5.41 Å². The molecule has 0 aromatic heterocycles. The van der Waals surface area contributed by atoms with Gasteiger partial charge >= 0.3 is 5.97 Å². The lowest BCUT2D eigenvalue weighted by Crippen LogP contribution is -2.34. The fourth-order valence-corrected chi connectivity index (χ4v) is 2.48. The van der Waals surface area contributed by atoms with E-state index in [1.54, 1.807) is 17.2 Å². The molecule has 0 radical (unpaired) electrons. The van der Waals surface area contributed by atoms with Crippen LogP contribution in [-0.2, 0) is 14.3 Å². The Bertz CT molecular complexity index is 523. The first-order valence-corrected chi connectivity index (χ1v) is 8.74. The highest BCUT2D eigenvalue weighted by Crippen LogP contribution is 2.27. The summed E-state index contributed by atoms with van der Waals surface area (Å²) < 4.78 is 11.2. The summed E-state index contributed by atoms with van der Waals surface area (Å²) in [7, 11) is 0. The standard InChI is InChI=1S/C16H25N3O4.C2H6/c1-11-17-13(18-21)7-8-19(11)14-6-5-12(23-14)10-22-15(20)9-16(2,3)4;1-2/h7-8,12,14,21H,1,5-6,9-10H2,2-4H3,(H,17,18);1-2H3. The first kappa shape index (κ1) is 21.2. The summed E-state index contributed by atoms with van der Waals surface area (Å²) in [5.41, 5.74) is 1.90. The molecule has 0 aromatic rings. The highest BCUT2D eigenvalue weighted by atomic mass is 16.6. The lowest BCUT2D eigenvalue weighted by Gasteiger charge is -2.29. The molecule has 1 fully saturated rings. The minimum absolute atomic E-state index is 0.0804. The molecule has 0 amide bonds. The maximum Gasteiger partial charge on any atom is 0.306 e. The first-order valence-electron chi connectivity index (χ1n) is 8.74. The quantitative estimate of drug-likeness (QED) is 0.597. The first-order chi connectivity index (χ1) is 11.8. The Kier molecular flexibility index (Phi) is 8.12. The van der Waals surface area contributed by atoms with E-state index < -0.39 is 0 Å². The maximum atomic E-state index is 11.8. The SMILES string of the molecule is C=C1N=C(NO)C=CN1C1CCC(COC(=O)CC(C)(C)C)O1.CC. The van der Waals surface area contributed by atoms with Crippen molar-refractivity contribution in [2.45, 2.75) is 66.2 Å². The Morgan fingerprint density at radius 1 is 1.48 bits per heavy atom. The van der Waals surface area contributed by atoms with Gasteiger partial charge in [0.25, 0.3) is 0 Å². The predicted octanol–water partition coefficient (Wildman–Crippen LogP) is 3.17. The van der Waals surface area contributed by atoms with Crippen molar-refractivity contribution in [3.8, 4) is 0 Å². The predicted molar refractivity (Wildman–Crippen MR) is 96.8 cm³/mol. The highest BCUT2D eigenvalue weighted by Gasteiger charge is 2.31. The molecule has 1 saturated heterocycles. The fourth-order valence-electron chi connectivity index (χ4n) is 2.48. The largest absolute Gasteiger partial charge is 0.463 e. The van der Waals surface area contributed by atoms with E-state index in [-0.39, 0.29) is 30.3 Å². The van der Waals surface area contributed by atoms with Crippen molar-refractivity contribution in [2.75, 3.05) is 6.61 Å². The van der Waals surface area contributed by atoms with Gasteiger partial charge in [-0.15, -0.1) is 0 Å². The number of nitrogens with zero attached hydrogens (tertiary/aromatic N) is 2. The van der Waals surface area contributed by atoms with Crippen molar-refractivity contribution in [1.29, 1.82) is 0 Å². The van der Waals surface area contributed by atoms with E-state index >= 15 is 0 Å². The Morgan fingerprint density at radius 2 is 2.16 bits per heavy atom. The molecule has 0 spiro atoms. The summed E-state index contributed by atoms with van der Waals surface area (Å²) in [6.07, 6.45) is 5.07. The van der Waals surface area contributed by atoms with Crippen LogP contribution < -0.4 is 5.48 Å². The molecule has 7 nitrogen and oxygen atoms in total. The third-order valence-electron chi connectivity index (χ3n) is 3.56. The number of amidine groups is 1. The van der Waals surface area contributed by atoms with Gasteiger partial charge in [0.2, 0.25) is 0 Å². The Hall–Kier alpha value is -1.86. The lowest BCUT2D eigenvalue weighted by molar-refractivity contribution is -0.150. The summed E-state index contributed by atoms with van der Waals surface area (Å²) in [4.78, 5) is 17.7. The van der Waals surface area contributed by atoms with Crippen LogP contribution >= 0.6 is 0 Å². The van der Waals surface area contributed by atoms with Crippen LogP contribution in [0.25, 0.3) is 0 Å². The van der Waals surface area contributed by atoms with Crippen molar-refractivity contribution in [3.05, 3.63) is 24.7 Å². The van der Waals surface area contributed by atoms with Crippen molar-refractivity contribution >= 4 is 11.8 Å². The second kappa shape index (κ2) is 9.58. The lowest BCUT2D eigenvalue weighted by atomic mass is 9.92. The molecule has 142 valence electrons. The van der Waals surface area contributed by atoms with E-state index in [9.17, 15) is 4.79 Å². The van der Waals surface area contributed by atoms with E-state index in [1.165, 1.54) is 0 Å². The van der Waals surface area contributed by atoms with Crippen LogP contribution in [0.5, 0.6) is 0 Å². The molecule has 25 heavy (non-hydrogen) atoms. The van der Waals surface area contributed by atoms with E-state index in [4.69, 9.17) is 14.7 Å². The second-order valence-electron chi connectivity index (χ2n) is 6.96. The molecule has 2 rings (SSSR count). The van der Waals surface area contributed by atoms with Gasteiger partial charge in [-0.1, -0.05) is 41.2 Å². The molecule has 0 saturated carbocycles. The summed E-state index contributed by atoms with van der Waals surface area (Å²) in [6.45, 7) is 14.1. The minimum Gasteiger partial charge on any atom is -0.463 e. The summed E-state index contributed by atoms with van der Waals surface area (Å²) >= 11 is 0. The van der Waals surface area contributed by atoms with Gasteiger partial charge in [0.1, 0.15) is 18.7 Å². The van der Waals surface area contributed by atoms with Gasteiger partial charge in [-0.3, -0.25) is 15.5 Å². The van der Waals surface area contributed by atoms with Crippen molar-refractivity contribution in [2.24, 2.45) is 10.4 Å². The van der Waals surface area contributed by atoms with Gasteiger partial charge in [0, 0.05) is 6.20 Å². The number of esters is 1. The topological polar surface area (TPSA) is 83.4 Å². The van der Waals surface area contributed by atoms with Crippen LogP contribution in [0.15, 0.2) is 29.7 Å². The molecular formula is C18H31N3O4. The van der Waals surface area contributed by atoms with Crippen LogP contribution in [0.3, 0.4) is 0 Å². The van der Waals surface area contributed by atoms with Gasteiger partial charge in [-0.25, -0.2) is 4.99 Å². The molecule has 7 heteroatoms. The molecular weight excluding hydrogens is 322 g/mol. The Balaban J connectivity index is 0.00000151. The van der Waals surface area contributed by atoms with Crippen LogP contribution in [0.2, 0.25) is 0 Å². The number of rotatable bonds is 4. The number of carbonyl (C=O) groups is 1. The van der Waals surface area contributed by atoms with E-state index in [1.807, 2.05) is 40.1 Å². The number of aliphatic imine (C=N–C) groups is 1. The number of carbonyl (C=O) groups excluding carboxylic acids is 1. The second-order valence-corrected chi connectivity index (χ2v) is 6.96. The zero-order valence-corrected chi connectivity index (χ0v) is 15.9. The Morgan fingerprint density at radius 3 is 2.72 bits per heavy atom. The summed E-state index contributed by atoms with van der Waals surface area (Å²) in [5, 5.41) is 8.83. The number of hydrogen-bond donors (Lipinski definition) is 2. The molecule has 2 heterocycles. The summed E-state index contributed by atoms with van der Waals surface area (Å²) in [6, 6.07) is 0. The normalized spacial score (nSPS) is 22.9. The number of nitrogens with one attached hydrogen (secondary N) is 1. The Labute approximate surface area is 150 Å². The average molecular weight is 353 g/mol. The third-order valence-corrected chi connectivity index (χ3v) is 3.56. The number of ether oxygens (including phenoxy) is 2. The molecule has 2 N–H and O–H groups in total. The molecule has 0 bridgehead atoms. The van der Waals surface area contributed by atoms with Crippen molar-refractivity contribution in [1.82, 2.24) is 10.4 Å². The van der Waals surface area contributed by atoms with Gasteiger partial charge in [-0.05, 0) is 24.3 Å². The van der Waals surface area contributed by atoms with Gasteiger partial charge < -0.3 is 14.4 Å². The van der Waals surface area contributed by atoms with Crippen molar-refractivity contribution in [3.63, 3.8) is 0 Å². The minimum atomic E-state index is -0.199.